The maximum absolute atomic E-state index is 12.4. The molecule has 0 aliphatic heterocycles. The summed E-state index contributed by atoms with van der Waals surface area (Å²) in [5, 5.41) is 4.44. The van der Waals surface area contributed by atoms with Crippen LogP contribution in [0.4, 0.5) is 0 Å². The topological polar surface area (TPSA) is 63.3 Å². The van der Waals surface area contributed by atoms with E-state index in [4.69, 9.17) is 21.1 Å². The summed E-state index contributed by atoms with van der Waals surface area (Å²) in [4.78, 5) is 15.5. The van der Waals surface area contributed by atoms with Gasteiger partial charge < -0.3 is 19.8 Å². The van der Waals surface area contributed by atoms with Gasteiger partial charge in [0, 0.05) is 22.5 Å². The molecule has 0 unspecified atom stereocenters. The molecule has 5 nitrogen and oxygen atoms in total. The number of benzene rings is 2. The van der Waals surface area contributed by atoms with Crippen molar-refractivity contribution in [3.63, 3.8) is 0 Å². The number of carbonyl (C=O) groups excluding carboxylic acids is 1. The fourth-order valence-corrected chi connectivity index (χ4v) is 2.78. The van der Waals surface area contributed by atoms with Crippen LogP contribution in [0, 0.1) is 0 Å². The number of ether oxygens (including phenoxy) is 2. The van der Waals surface area contributed by atoms with Gasteiger partial charge >= 0.3 is 0 Å². The minimum absolute atomic E-state index is 0.180. The number of hydrogen-bond donors (Lipinski definition) is 2. The number of hydrogen-bond acceptors (Lipinski definition) is 3. The number of halogens is 1. The van der Waals surface area contributed by atoms with E-state index >= 15 is 0 Å². The van der Waals surface area contributed by atoms with Gasteiger partial charge in [-0.05, 0) is 48.9 Å². The monoisotopic (exact) mass is 358 g/mol. The number of aromatic amines is 1. The molecule has 0 saturated heterocycles. The van der Waals surface area contributed by atoms with Crippen molar-refractivity contribution in [1.82, 2.24) is 10.3 Å². The third-order valence-electron chi connectivity index (χ3n) is 3.81. The standard InChI is InChI=1S/C19H19ClN2O3/c1-3-25-18-8-12(4-7-17(18)24-2)11-21-19(23)16-10-13-9-14(20)5-6-15(13)22-16/h4-10,22H,3,11H2,1-2H3,(H,21,23). The highest BCUT2D eigenvalue weighted by Gasteiger charge is 2.11. The van der Waals surface area contributed by atoms with E-state index in [-0.39, 0.29) is 5.91 Å². The van der Waals surface area contributed by atoms with Crippen molar-refractivity contribution in [1.29, 1.82) is 0 Å². The fourth-order valence-electron chi connectivity index (χ4n) is 2.60. The molecule has 3 aromatic rings. The van der Waals surface area contributed by atoms with Gasteiger partial charge in [-0.3, -0.25) is 4.79 Å². The second-order valence-electron chi connectivity index (χ2n) is 5.52. The van der Waals surface area contributed by atoms with Crippen LogP contribution in [-0.2, 0) is 6.54 Å². The Hall–Kier alpha value is -2.66. The van der Waals surface area contributed by atoms with Gasteiger partial charge in [-0.25, -0.2) is 0 Å². The molecule has 0 aliphatic rings. The fraction of sp³-hybridized carbons (Fsp3) is 0.211. The van der Waals surface area contributed by atoms with E-state index < -0.39 is 0 Å². The van der Waals surface area contributed by atoms with Crippen molar-refractivity contribution < 1.29 is 14.3 Å². The Bertz CT molecular complexity index is 905. The van der Waals surface area contributed by atoms with Crippen LogP contribution >= 0.6 is 11.6 Å². The molecule has 0 spiro atoms. The summed E-state index contributed by atoms with van der Waals surface area (Å²) in [6, 6.07) is 12.8. The van der Waals surface area contributed by atoms with Crippen molar-refractivity contribution in [2.24, 2.45) is 0 Å². The lowest BCUT2D eigenvalue weighted by molar-refractivity contribution is 0.0946. The minimum Gasteiger partial charge on any atom is -0.493 e. The van der Waals surface area contributed by atoms with Crippen LogP contribution in [0.15, 0.2) is 42.5 Å². The normalized spacial score (nSPS) is 10.7. The van der Waals surface area contributed by atoms with Crippen LogP contribution in [0.1, 0.15) is 23.0 Å². The molecule has 2 aromatic carbocycles. The quantitative estimate of drug-likeness (QED) is 0.695. The first-order valence-corrected chi connectivity index (χ1v) is 8.34. The van der Waals surface area contributed by atoms with Gasteiger partial charge in [-0.2, -0.15) is 0 Å². The Balaban J connectivity index is 1.71. The molecule has 1 aromatic heterocycles. The lowest BCUT2D eigenvalue weighted by Crippen LogP contribution is -2.23. The molecule has 130 valence electrons. The Labute approximate surface area is 150 Å². The van der Waals surface area contributed by atoms with Crippen LogP contribution in [-0.4, -0.2) is 24.6 Å². The largest absolute Gasteiger partial charge is 0.493 e. The number of amides is 1. The summed E-state index contributed by atoms with van der Waals surface area (Å²) in [6.07, 6.45) is 0. The second-order valence-corrected chi connectivity index (χ2v) is 5.95. The van der Waals surface area contributed by atoms with Gasteiger partial charge in [0.05, 0.1) is 13.7 Å². The molecule has 0 aliphatic carbocycles. The molecule has 0 saturated carbocycles. The third-order valence-corrected chi connectivity index (χ3v) is 4.04. The predicted molar refractivity (Wildman–Crippen MR) is 98.6 cm³/mol. The van der Waals surface area contributed by atoms with E-state index in [0.717, 1.165) is 16.5 Å². The minimum atomic E-state index is -0.180. The first-order chi connectivity index (χ1) is 12.1. The van der Waals surface area contributed by atoms with Crippen LogP contribution in [0.3, 0.4) is 0 Å². The Morgan fingerprint density at radius 3 is 2.76 bits per heavy atom. The highest BCUT2D eigenvalue weighted by Crippen LogP contribution is 2.28. The van der Waals surface area contributed by atoms with Crippen molar-refractivity contribution in [3.8, 4) is 11.5 Å². The zero-order chi connectivity index (χ0) is 17.8. The average molecular weight is 359 g/mol. The van der Waals surface area contributed by atoms with E-state index in [1.807, 2.05) is 37.3 Å². The molecule has 1 amide bonds. The number of rotatable bonds is 6. The van der Waals surface area contributed by atoms with Gasteiger partial charge in [0.2, 0.25) is 0 Å². The second kappa shape index (κ2) is 7.49. The molecule has 0 atom stereocenters. The molecular formula is C19H19ClN2O3. The molecular weight excluding hydrogens is 340 g/mol. The maximum Gasteiger partial charge on any atom is 0.267 e. The van der Waals surface area contributed by atoms with Gasteiger partial charge in [-0.15, -0.1) is 0 Å². The number of aromatic nitrogens is 1. The van der Waals surface area contributed by atoms with Crippen LogP contribution in [0.25, 0.3) is 10.9 Å². The Morgan fingerprint density at radius 1 is 1.16 bits per heavy atom. The van der Waals surface area contributed by atoms with Gasteiger partial charge in [0.1, 0.15) is 5.69 Å². The number of carbonyl (C=O) groups is 1. The average Bonchev–Trinajstić information content (AvgIpc) is 3.03. The molecule has 6 heteroatoms. The van der Waals surface area contributed by atoms with Gasteiger partial charge in [0.25, 0.3) is 5.91 Å². The highest BCUT2D eigenvalue weighted by atomic mass is 35.5. The highest BCUT2D eigenvalue weighted by molar-refractivity contribution is 6.31. The van der Waals surface area contributed by atoms with Crippen molar-refractivity contribution in [2.75, 3.05) is 13.7 Å². The summed E-state index contributed by atoms with van der Waals surface area (Å²) >= 11 is 5.98. The molecule has 1 heterocycles. The van der Waals surface area contributed by atoms with Crippen LogP contribution in [0.2, 0.25) is 5.02 Å². The first-order valence-electron chi connectivity index (χ1n) is 7.97. The summed E-state index contributed by atoms with van der Waals surface area (Å²) in [6.45, 7) is 2.85. The van der Waals surface area contributed by atoms with Gasteiger partial charge in [0.15, 0.2) is 11.5 Å². The molecule has 0 fully saturated rings. The summed E-state index contributed by atoms with van der Waals surface area (Å²) in [5.41, 5.74) is 2.30. The van der Waals surface area contributed by atoms with Gasteiger partial charge in [-0.1, -0.05) is 17.7 Å². The summed E-state index contributed by atoms with van der Waals surface area (Å²) < 4.78 is 10.8. The van der Waals surface area contributed by atoms with E-state index in [2.05, 4.69) is 10.3 Å². The van der Waals surface area contributed by atoms with E-state index in [0.29, 0.717) is 35.4 Å². The molecule has 25 heavy (non-hydrogen) atoms. The van der Waals surface area contributed by atoms with Crippen molar-refractivity contribution >= 4 is 28.4 Å². The predicted octanol–water partition coefficient (Wildman–Crippen LogP) is 4.16. The van der Waals surface area contributed by atoms with E-state index in [9.17, 15) is 4.79 Å². The zero-order valence-corrected chi connectivity index (χ0v) is 14.8. The SMILES string of the molecule is CCOc1cc(CNC(=O)c2cc3cc(Cl)ccc3[nH]2)ccc1OC. The lowest BCUT2D eigenvalue weighted by atomic mass is 10.2. The molecule has 2 N–H and O–H groups in total. The third kappa shape index (κ3) is 3.88. The van der Waals surface area contributed by atoms with Crippen molar-refractivity contribution in [3.05, 3.63) is 58.7 Å². The van der Waals surface area contributed by atoms with E-state index in [1.165, 1.54) is 0 Å². The first kappa shape index (κ1) is 17.2. The molecule has 0 radical (unpaired) electrons. The number of fused-ring (bicyclic) bond motifs is 1. The Morgan fingerprint density at radius 2 is 2.00 bits per heavy atom. The summed E-state index contributed by atoms with van der Waals surface area (Å²) in [5.74, 6) is 1.16. The van der Waals surface area contributed by atoms with E-state index in [1.54, 1.807) is 19.2 Å². The smallest absolute Gasteiger partial charge is 0.267 e. The summed E-state index contributed by atoms with van der Waals surface area (Å²) in [7, 11) is 1.60. The number of methoxy groups -OCH3 is 1. The maximum atomic E-state index is 12.4. The molecule has 3 rings (SSSR count). The number of H-pyrrole nitrogens is 1. The van der Waals surface area contributed by atoms with Crippen molar-refractivity contribution in [2.45, 2.75) is 13.5 Å². The zero-order valence-electron chi connectivity index (χ0n) is 14.1. The van der Waals surface area contributed by atoms with Crippen LogP contribution < -0.4 is 14.8 Å². The Kier molecular flexibility index (Phi) is 5.14. The lowest BCUT2D eigenvalue weighted by Gasteiger charge is -2.11. The number of nitrogens with one attached hydrogen (secondary N) is 2. The molecule has 0 bridgehead atoms. The van der Waals surface area contributed by atoms with Crippen LogP contribution in [0.5, 0.6) is 11.5 Å².